The monoisotopic (exact) mass is 330 g/mol. The van der Waals surface area contributed by atoms with Crippen LogP contribution in [0.15, 0.2) is 6.07 Å². The summed E-state index contributed by atoms with van der Waals surface area (Å²) in [4.78, 5) is 13.1. The highest BCUT2D eigenvalue weighted by Gasteiger charge is 2.41. The maximum absolute atomic E-state index is 11.8. The van der Waals surface area contributed by atoms with E-state index in [4.69, 9.17) is 9.56 Å². The standard InChI is InChI=1S/C12H15BrN2O4/c1-6-4-7(2)11(14)12-9(6)5-10(19-13(17)18)15(12)8(3)16/h4,10H,5,14H2,1-3H3. The zero-order valence-electron chi connectivity index (χ0n) is 10.9. The van der Waals surface area contributed by atoms with Crippen LogP contribution in [0.4, 0.5) is 11.4 Å². The molecule has 104 valence electrons. The molecule has 0 radical (unpaired) electrons. The summed E-state index contributed by atoms with van der Waals surface area (Å²) in [7, 11) is 0. The summed E-state index contributed by atoms with van der Waals surface area (Å²) >= 11 is -3.39. The molecule has 7 heteroatoms. The van der Waals surface area contributed by atoms with Crippen molar-refractivity contribution in [2.75, 3.05) is 10.6 Å². The molecule has 1 aliphatic heterocycles. The van der Waals surface area contributed by atoms with Gasteiger partial charge in [0.1, 0.15) is 0 Å². The quantitative estimate of drug-likeness (QED) is 0.717. The van der Waals surface area contributed by atoms with Gasteiger partial charge in [0, 0.05) is 17.2 Å². The minimum Gasteiger partial charge on any atom is -0.397 e. The Balaban J connectivity index is 2.53. The molecule has 0 saturated carbocycles. The van der Waals surface area contributed by atoms with Crippen LogP contribution in [0.25, 0.3) is 0 Å². The Labute approximate surface area is 116 Å². The molecule has 0 fully saturated rings. The van der Waals surface area contributed by atoms with Crippen LogP contribution in [0, 0.1) is 28.7 Å². The predicted octanol–water partition coefficient (Wildman–Crippen LogP) is -0.776. The fourth-order valence-electron chi connectivity index (χ4n) is 2.48. The molecule has 1 aliphatic rings. The van der Waals surface area contributed by atoms with Crippen molar-refractivity contribution in [3.05, 3.63) is 22.8 Å². The molecule has 0 aromatic heterocycles. The number of halogens is 1. The minimum atomic E-state index is -3.39. The van der Waals surface area contributed by atoms with E-state index in [1.54, 1.807) is 0 Å². The smallest absolute Gasteiger partial charge is 0.397 e. The first kappa shape index (κ1) is 14.3. The van der Waals surface area contributed by atoms with Crippen LogP contribution in [0.3, 0.4) is 0 Å². The van der Waals surface area contributed by atoms with E-state index in [1.807, 2.05) is 19.9 Å². The first-order valence-electron chi connectivity index (χ1n) is 5.74. The van der Waals surface area contributed by atoms with Gasteiger partial charge in [-0.3, -0.25) is 9.69 Å². The Bertz CT molecular complexity index is 533. The molecule has 1 aromatic carbocycles. The molecule has 2 rings (SSSR count). The van der Waals surface area contributed by atoms with Crippen LogP contribution in [-0.4, -0.2) is 12.1 Å². The number of hydrogen-bond acceptors (Lipinski definition) is 5. The second-order valence-corrected chi connectivity index (χ2v) is 5.74. The van der Waals surface area contributed by atoms with Crippen LogP contribution < -0.4 is 19.0 Å². The number of carbonyl (C=O) groups is 1. The van der Waals surface area contributed by atoms with Crippen molar-refractivity contribution in [3.63, 3.8) is 0 Å². The number of nitrogens with zero attached hydrogens (tertiary/aromatic N) is 1. The number of hydrogen-bond donors (Lipinski definition) is 1. The van der Waals surface area contributed by atoms with Crippen molar-refractivity contribution >= 4 is 17.3 Å². The summed E-state index contributed by atoms with van der Waals surface area (Å²) in [5.41, 5.74) is 9.81. The van der Waals surface area contributed by atoms with E-state index in [0.717, 1.165) is 16.7 Å². The van der Waals surface area contributed by atoms with E-state index in [9.17, 15) is 13.2 Å². The fraction of sp³-hybridized carbons (Fsp3) is 0.417. The largest absolute Gasteiger partial charge is 0.439 e. The molecule has 1 atom stereocenters. The first-order valence-corrected chi connectivity index (χ1v) is 7.68. The van der Waals surface area contributed by atoms with Gasteiger partial charge < -0.3 is 14.1 Å². The molecular formula is C12H15BrN2O4. The number of rotatable bonds is 2. The molecule has 0 aliphatic carbocycles. The first-order chi connectivity index (χ1) is 8.82. The van der Waals surface area contributed by atoms with Crippen LogP contribution in [-0.2, 0) is 15.0 Å². The Kier molecular flexibility index (Phi) is 3.82. The van der Waals surface area contributed by atoms with Gasteiger partial charge in [-0.25, -0.2) is 0 Å². The van der Waals surface area contributed by atoms with Crippen molar-refractivity contribution in [1.29, 1.82) is 0 Å². The average Bonchev–Trinajstić information content (AvgIpc) is 2.65. The van der Waals surface area contributed by atoms with E-state index >= 15 is 0 Å². The lowest BCUT2D eigenvalue weighted by Crippen LogP contribution is -2.45. The zero-order chi connectivity index (χ0) is 14.3. The molecule has 0 saturated heterocycles. The number of amides is 1. The summed E-state index contributed by atoms with van der Waals surface area (Å²) in [5.74, 6) is -0.288. The molecular weight excluding hydrogens is 316 g/mol. The third-order valence-corrected chi connectivity index (χ3v) is 4.03. The lowest BCUT2D eigenvalue weighted by molar-refractivity contribution is -1.63. The van der Waals surface area contributed by atoms with Crippen LogP contribution in [0.5, 0.6) is 0 Å². The summed E-state index contributed by atoms with van der Waals surface area (Å²) < 4.78 is 26.5. The van der Waals surface area contributed by atoms with Crippen LogP contribution in [0.1, 0.15) is 23.6 Å². The Hall–Kier alpha value is -1.15. The van der Waals surface area contributed by atoms with Gasteiger partial charge in [0.2, 0.25) is 12.1 Å². The van der Waals surface area contributed by atoms with Gasteiger partial charge in [0.15, 0.2) is 0 Å². The molecule has 2 N–H and O–H groups in total. The summed E-state index contributed by atoms with van der Waals surface area (Å²) in [6.07, 6.45) is -0.481. The van der Waals surface area contributed by atoms with Gasteiger partial charge in [0.25, 0.3) is 0 Å². The number of carbonyl (C=O) groups excluding carboxylic acids is 1. The summed E-state index contributed by atoms with van der Waals surface area (Å²) in [6.45, 7) is 5.13. The zero-order valence-corrected chi connectivity index (χ0v) is 12.5. The third-order valence-electron chi connectivity index (χ3n) is 3.30. The number of nitrogens with two attached hydrogens (primary N) is 1. The molecule has 1 unspecified atom stereocenters. The lowest BCUT2D eigenvalue weighted by atomic mass is 10.0. The van der Waals surface area contributed by atoms with E-state index in [1.165, 1.54) is 11.8 Å². The second-order valence-electron chi connectivity index (χ2n) is 4.58. The molecule has 6 nitrogen and oxygen atoms in total. The second kappa shape index (κ2) is 5.09. The summed E-state index contributed by atoms with van der Waals surface area (Å²) in [5, 5.41) is 0. The molecule has 1 amide bonds. The van der Waals surface area contributed by atoms with E-state index in [2.05, 4.69) is 0 Å². The van der Waals surface area contributed by atoms with Crippen molar-refractivity contribution in [2.45, 2.75) is 33.4 Å². The van der Waals surface area contributed by atoms with Crippen molar-refractivity contribution in [3.8, 4) is 0 Å². The lowest BCUT2D eigenvalue weighted by Gasteiger charge is -2.21. The Morgan fingerprint density at radius 2 is 2.11 bits per heavy atom. The highest BCUT2D eigenvalue weighted by molar-refractivity contribution is 5.99. The van der Waals surface area contributed by atoms with Crippen LogP contribution in [0.2, 0.25) is 0 Å². The molecule has 19 heavy (non-hydrogen) atoms. The SMILES string of the molecule is CC(=O)N1c2c(N)c(C)cc(C)c2CC1O[Br+2]([O-])[O-]. The van der Waals surface area contributed by atoms with Gasteiger partial charge in [-0.05, 0) is 30.5 Å². The van der Waals surface area contributed by atoms with Crippen molar-refractivity contribution in [1.82, 2.24) is 0 Å². The van der Waals surface area contributed by atoms with Gasteiger partial charge in [0.05, 0.1) is 11.4 Å². The maximum atomic E-state index is 11.8. The molecule has 0 spiro atoms. The number of benzene rings is 1. The fourth-order valence-corrected chi connectivity index (χ4v) is 3.14. The molecule has 1 heterocycles. The highest BCUT2D eigenvalue weighted by Crippen LogP contribution is 2.41. The van der Waals surface area contributed by atoms with E-state index in [-0.39, 0.29) is 5.91 Å². The van der Waals surface area contributed by atoms with E-state index < -0.39 is 21.0 Å². The van der Waals surface area contributed by atoms with Gasteiger partial charge in [-0.2, -0.15) is 0 Å². The number of anilines is 2. The highest BCUT2D eigenvalue weighted by atomic mass is 80.0. The third kappa shape index (κ3) is 2.46. The number of nitrogen functional groups attached to an aromatic ring is 1. The predicted molar refractivity (Wildman–Crippen MR) is 62.1 cm³/mol. The molecule has 1 aromatic rings. The van der Waals surface area contributed by atoms with E-state index in [0.29, 0.717) is 17.8 Å². The topological polar surface area (TPSA) is 102 Å². The Morgan fingerprint density at radius 3 is 2.63 bits per heavy atom. The van der Waals surface area contributed by atoms with Gasteiger partial charge in [-0.15, -0.1) is 0 Å². The maximum Gasteiger partial charge on any atom is 0.439 e. The number of fused-ring (bicyclic) bond motifs is 1. The van der Waals surface area contributed by atoms with Crippen molar-refractivity contribution in [2.24, 2.45) is 0 Å². The molecule has 0 bridgehead atoms. The minimum absolute atomic E-state index is 0.288. The van der Waals surface area contributed by atoms with Gasteiger partial charge in [-0.1, -0.05) is 6.07 Å². The Morgan fingerprint density at radius 1 is 1.47 bits per heavy atom. The van der Waals surface area contributed by atoms with Crippen molar-refractivity contribution < 1.29 is 31.8 Å². The average molecular weight is 331 g/mol. The summed E-state index contributed by atoms with van der Waals surface area (Å²) in [6, 6.07) is 1.93. The van der Waals surface area contributed by atoms with Crippen LogP contribution >= 0.6 is 0 Å². The normalized spacial score (nSPS) is 18.0. The van der Waals surface area contributed by atoms with Gasteiger partial charge >= 0.3 is 14.8 Å². The number of aryl methyl sites for hydroxylation is 2.